The summed E-state index contributed by atoms with van der Waals surface area (Å²) in [5.74, 6) is 0.541. The van der Waals surface area contributed by atoms with E-state index in [1.807, 2.05) is 13.8 Å². The van der Waals surface area contributed by atoms with Crippen LogP contribution in [-0.4, -0.2) is 39.4 Å². The van der Waals surface area contributed by atoms with Crippen LogP contribution in [0.4, 0.5) is 10.5 Å². The molecule has 2 amide bonds. The Morgan fingerprint density at radius 3 is 2.39 bits per heavy atom. The van der Waals surface area contributed by atoms with Crippen LogP contribution in [0.25, 0.3) is 0 Å². The molecule has 0 heterocycles. The van der Waals surface area contributed by atoms with Gasteiger partial charge in [0.25, 0.3) is 0 Å². The fourth-order valence-corrected chi connectivity index (χ4v) is 2.00. The van der Waals surface area contributed by atoms with Crippen LogP contribution in [0.2, 0.25) is 0 Å². The molecule has 0 aliphatic heterocycles. The van der Waals surface area contributed by atoms with Crippen LogP contribution < -0.4 is 20.1 Å². The molecule has 7 nitrogen and oxygen atoms in total. The molecule has 2 N–H and O–H groups in total. The third-order valence-electron chi connectivity index (χ3n) is 3.61. The number of rotatable bonds is 7. The van der Waals surface area contributed by atoms with Crippen LogP contribution in [0.15, 0.2) is 18.2 Å². The lowest BCUT2D eigenvalue weighted by molar-refractivity contribution is -0.144. The number of carbonyl (C=O) groups excluding carboxylic acids is 2. The Kier molecular flexibility index (Phi) is 7.18. The molecule has 0 aliphatic carbocycles. The highest BCUT2D eigenvalue weighted by molar-refractivity contribution is 5.94. The molecular formula is C16H24N2O5. The van der Waals surface area contributed by atoms with Gasteiger partial charge in [0.05, 0.1) is 27.0 Å². The first kappa shape index (κ1) is 18.6. The van der Waals surface area contributed by atoms with E-state index in [-0.39, 0.29) is 5.92 Å². The Balaban J connectivity index is 2.84. The fraction of sp³-hybridized carbons (Fsp3) is 0.500. The SMILES string of the molecule is CCC(C)[C@@H](NC(=O)Nc1ccc(OC)cc1OC)C(=O)OC. The molecule has 2 atom stereocenters. The molecule has 7 heteroatoms. The second kappa shape index (κ2) is 8.87. The largest absolute Gasteiger partial charge is 0.497 e. The summed E-state index contributed by atoms with van der Waals surface area (Å²) in [6.07, 6.45) is 0.728. The maximum atomic E-state index is 12.2. The minimum Gasteiger partial charge on any atom is -0.497 e. The van der Waals surface area contributed by atoms with Crippen molar-refractivity contribution in [3.8, 4) is 11.5 Å². The van der Waals surface area contributed by atoms with Crippen molar-refractivity contribution in [2.24, 2.45) is 5.92 Å². The lowest BCUT2D eigenvalue weighted by atomic mass is 9.99. The van der Waals surface area contributed by atoms with Gasteiger partial charge in [-0.15, -0.1) is 0 Å². The molecule has 0 fully saturated rings. The van der Waals surface area contributed by atoms with Crippen molar-refractivity contribution >= 4 is 17.7 Å². The average molecular weight is 324 g/mol. The summed E-state index contributed by atoms with van der Waals surface area (Å²) in [5.41, 5.74) is 0.471. The van der Waals surface area contributed by atoms with Gasteiger partial charge >= 0.3 is 12.0 Å². The van der Waals surface area contributed by atoms with Crippen molar-refractivity contribution in [2.75, 3.05) is 26.6 Å². The first-order valence-electron chi connectivity index (χ1n) is 7.34. The highest BCUT2D eigenvalue weighted by Crippen LogP contribution is 2.28. The normalized spacial score (nSPS) is 12.7. The summed E-state index contributed by atoms with van der Waals surface area (Å²) in [7, 11) is 4.33. The van der Waals surface area contributed by atoms with Crippen molar-refractivity contribution in [2.45, 2.75) is 26.3 Å². The lowest BCUT2D eigenvalue weighted by Gasteiger charge is -2.22. The standard InChI is InChI=1S/C16H24N2O5/c1-6-10(2)14(15(19)23-5)18-16(20)17-12-8-7-11(21-3)9-13(12)22-4/h7-10,14H,6H2,1-5H3,(H2,17,18,20)/t10?,14-/m1/s1. The molecule has 1 aromatic carbocycles. The topological polar surface area (TPSA) is 85.9 Å². The summed E-state index contributed by atoms with van der Waals surface area (Å²) in [6, 6.07) is 3.79. The van der Waals surface area contributed by atoms with Gasteiger partial charge in [-0.3, -0.25) is 0 Å². The highest BCUT2D eigenvalue weighted by Gasteiger charge is 2.26. The van der Waals surface area contributed by atoms with E-state index in [9.17, 15) is 9.59 Å². The maximum Gasteiger partial charge on any atom is 0.328 e. The molecule has 0 spiro atoms. The molecule has 1 aromatic rings. The van der Waals surface area contributed by atoms with Crippen molar-refractivity contribution in [1.82, 2.24) is 5.32 Å². The Bertz CT molecular complexity index is 547. The Hall–Kier alpha value is -2.44. The van der Waals surface area contributed by atoms with E-state index in [4.69, 9.17) is 14.2 Å². The van der Waals surface area contributed by atoms with E-state index in [0.717, 1.165) is 6.42 Å². The van der Waals surface area contributed by atoms with Gasteiger partial charge in [-0.1, -0.05) is 20.3 Å². The van der Waals surface area contributed by atoms with E-state index in [0.29, 0.717) is 17.2 Å². The Morgan fingerprint density at radius 1 is 1.17 bits per heavy atom. The lowest BCUT2D eigenvalue weighted by Crippen LogP contribution is -2.47. The van der Waals surface area contributed by atoms with Gasteiger partial charge in [-0.25, -0.2) is 9.59 Å². The average Bonchev–Trinajstić information content (AvgIpc) is 2.58. The van der Waals surface area contributed by atoms with Crippen LogP contribution in [0.5, 0.6) is 11.5 Å². The number of hydrogen-bond donors (Lipinski definition) is 2. The van der Waals surface area contributed by atoms with Crippen molar-refractivity contribution in [3.63, 3.8) is 0 Å². The molecule has 0 saturated heterocycles. The summed E-state index contributed by atoms with van der Waals surface area (Å²) in [4.78, 5) is 24.0. The number of benzene rings is 1. The number of anilines is 1. The zero-order valence-electron chi connectivity index (χ0n) is 14.1. The van der Waals surface area contributed by atoms with Crippen LogP contribution in [-0.2, 0) is 9.53 Å². The number of urea groups is 1. The molecule has 23 heavy (non-hydrogen) atoms. The fourth-order valence-electron chi connectivity index (χ4n) is 2.00. The number of methoxy groups -OCH3 is 3. The van der Waals surface area contributed by atoms with E-state index in [1.165, 1.54) is 14.2 Å². The molecule has 0 aromatic heterocycles. The van der Waals surface area contributed by atoms with Crippen LogP contribution in [0.3, 0.4) is 0 Å². The maximum absolute atomic E-state index is 12.2. The third kappa shape index (κ3) is 5.05. The molecule has 0 radical (unpaired) electrons. The Labute approximate surface area is 136 Å². The molecule has 1 unspecified atom stereocenters. The van der Waals surface area contributed by atoms with Gasteiger partial charge in [0.1, 0.15) is 17.5 Å². The summed E-state index contributed by atoms with van der Waals surface area (Å²) < 4.78 is 15.1. The first-order chi connectivity index (χ1) is 11.0. The zero-order valence-corrected chi connectivity index (χ0v) is 14.1. The number of carbonyl (C=O) groups is 2. The number of ether oxygens (including phenoxy) is 3. The third-order valence-corrected chi connectivity index (χ3v) is 3.61. The molecule has 1 rings (SSSR count). The second-order valence-electron chi connectivity index (χ2n) is 5.05. The summed E-state index contributed by atoms with van der Waals surface area (Å²) in [6.45, 7) is 3.81. The van der Waals surface area contributed by atoms with Crippen molar-refractivity contribution in [1.29, 1.82) is 0 Å². The molecule has 0 bridgehead atoms. The van der Waals surface area contributed by atoms with Crippen molar-refractivity contribution in [3.05, 3.63) is 18.2 Å². The molecule has 128 valence electrons. The van der Waals surface area contributed by atoms with E-state index in [1.54, 1.807) is 25.3 Å². The predicted octanol–water partition coefficient (Wildman–Crippen LogP) is 2.41. The van der Waals surface area contributed by atoms with Gasteiger partial charge < -0.3 is 24.8 Å². The van der Waals surface area contributed by atoms with E-state index >= 15 is 0 Å². The van der Waals surface area contributed by atoms with Crippen molar-refractivity contribution < 1.29 is 23.8 Å². The minimum atomic E-state index is -0.714. The van der Waals surface area contributed by atoms with Crippen LogP contribution in [0.1, 0.15) is 20.3 Å². The van der Waals surface area contributed by atoms with Gasteiger partial charge in [0, 0.05) is 6.07 Å². The Morgan fingerprint density at radius 2 is 1.87 bits per heavy atom. The van der Waals surface area contributed by atoms with Gasteiger partial charge in [0.2, 0.25) is 0 Å². The van der Waals surface area contributed by atoms with E-state index < -0.39 is 18.0 Å². The number of hydrogen-bond acceptors (Lipinski definition) is 5. The van der Waals surface area contributed by atoms with Crippen LogP contribution >= 0.6 is 0 Å². The molecule has 0 aliphatic rings. The van der Waals surface area contributed by atoms with E-state index in [2.05, 4.69) is 10.6 Å². The number of nitrogens with one attached hydrogen (secondary N) is 2. The number of amides is 2. The number of esters is 1. The zero-order chi connectivity index (χ0) is 17.4. The molecular weight excluding hydrogens is 300 g/mol. The second-order valence-corrected chi connectivity index (χ2v) is 5.05. The highest BCUT2D eigenvalue weighted by atomic mass is 16.5. The summed E-state index contributed by atoms with van der Waals surface area (Å²) >= 11 is 0. The minimum absolute atomic E-state index is 0.0500. The monoisotopic (exact) mass is 324 g/mol. The first-order valence-corrected chi connectivity index (χ1v) is 7.34. The van der Waals surface area contributed by atoms with Crippen LogP contribution in [0, 0.1) is 5.92 Å². The summed E-state index contributed by atoms with van der Waals surface area (Å²) in [5, 5.41) is 5.30. The quantitative estimate of drug-likeness (QED) is 0.752. The van der Waals surface area contributed by atoms with Gasteiger partial charge in [-0.2, -0.15) is 0 Å². The molecule has 0 saturated carbocycles. The van der Waals surface area contributed by atoms with Gasteiger partial charge in [0.15, 0.2) is 0 Å². The smallest absolute Gasteiger partial charge is 0.328 e. The predicted molar refractivity (Wildman–Crippen MR) is 87.0 cm³/mol. The van der Waals surface area contributed by atoms with Gasteiger partial charge in [-0.05, 0) is 18.1 Å².